The second kappa shape index (κ2) is 6.47. The van der Waals surface area contributed by atoms with Crippen LogP contribution in [-0.4, -0.2) is 32.0 Å². The van der Waals surface area contributed by atoms with Gasteiger partial charge in [0.1, 0.15) is 5.75 Å². The van der Waals surface area contributed by atoms with Crippen molar-refractivity contribution in [2.24, 2.45) is 5.73 Å². The smallest absolute Gasteiger partial charge is 0.277 e. The van der Waals surface area contributed by atoms with Crippen LogP contribution in [0.25, 0.3) is 0 Å². The van der Waals surface area contributed by atoms with Crippen LogP contribution < -0.4 is 15.8 Å². The first-order valence-corrected chi connectivity index (χ1v) is 5.89. The summed E-state index contributed by atoms with van der Waals surface area (Å²) in [5.41, 5.74) is 5.60. The zero-order chi connectivity index (χ0) is 14.5. The average Bonchev–Trinajstić information content (AvgIpc) is 2.44. The van der Waals surface area contributed by atoms with Gasteiger partial charge in [-0.15, -0.1) is 0 Å². The lowest BCUT2D eigenvalue weighted by Gasteiger charge is -2.17. The maximum atomic E-state index is 12.9. The fourth-order valence-corrected chi connectivity index (χ4v) is 1.50. The molecule has 1 atom stereocenters. The van der Waals surface area contributed by atoms with Gasteiger partial charge in [0, 0.05) is 0 Å². The molecule has 0 fully saturated rings. The highest BCUT2D eigenvalue weighted by Crippen LogP contribution is 2.21. The highest BCUT2D eigenvalue weighted by molar-refractivity contribution is 5.83. The maximum absolute atomic E-state index is 12.9. The summed E-state index contributed by atoms with van der Waals surface area (Å²) in [6.07, 6.45) is 0. The van der Waals surface area contributed by atoms with Crippen LogP contribution in [0.4, 0.5) is 8.78 Å². The molecule has 4 nitrogen and oxygen atoms in total. The molecule has 106 valence electrons. The van der Waals surface area contributed by atoms with Gasteiger partial charge >= 0.3 is 0 Å². The number of nitrogens with one attached hydrogen (secondary N) is 1. The third-order valence-corrected chi connectivity index (χ3v) is 2.81. The van der Waals surface area contributed by atoms with E-state index in [9.17, 15) is 13.6 Å². The Balaban J connectivity index is 2.66. The average molecular weight is 272 g/mol. The lowest BCUT2D eigenvalue weighted by Crippen LogP contribution is -2.42. The first-order valence-electron chi connectivity index (χ1n) is 5.89. The molecular formula is C13H18F2N2O2. The Morgan fingerprint density at radius 1 is 1.53 bits per heavy atom. The van der Waals surface area contributed by atoms with Crippen molar-refractivity contribution in [1.82, 2.24) is 5.32 Å². The number of amides is 1. The Hall–Kier alpha value is -1.69. The Kier molecular flexibility index (Phi) is 5.23. The topological polar surface area (TPSA) is 64.3 Å². The lowest BCUT2D eigenvalue weighted by molar-refractivity contribution is -0.124. The van der Waals surface area contributed by atoms with Crippen molar-refractivity contribution in [3.05, 3.63) is 29.8 Å². The standard InChI is InChI=1S/C13H18F2N2O2/c1-9(10-4-3-5-11(6-10)19-2)12(18)17-8-13(14,15)7-16/h3-6,9H,7-8,16H2,1-2H3,(H,17,18). The minimum Gasteiger partial charge on any atom is -0.497 e. The van der Waals surface area contributed by atoms with Gasteiger partial charge in [-0.2, -0.15) is 0 Å². The van der Waals surface area contributed by atoms with E-state index in [0.717, 1.165) is 0 Å². The molecule has 0 aromatic heterocycles. The SMILES string of the molecule is COc1cccc(C(C)C(=O)NCC(F)(F)CN)c1. The van der Waals surface area contributed by atoms with Gasteiger partial charge in [-0.25, -0.2) is 8.78 Å². The van der Waals surface area contributed by atoms with Gasteiger partial charge in [0.2, 0.25) is 5.91 Å². The predicted octanol–water partition coefficient (Wildman–Crippen LogP) is 1.51. The molecule has 1 aromatic rings. The van der Waals surface area contributed by atoms with Crippen LogP contribution in [0.5, 0.6) is 5.75 Å². The summed E-state index contributed by atoms with van der Waals surface area (Å²) in [7, 11) is 1.52. The van der Waals surface area contributed by atoms with Crippen molar-refractivity contribution in [3.8, 4) is 5.75 Å². The molecule has 0 saturated carbocycles. The third-order valence-electron chi connectivity index (χ3n) is 2.81. The first-order chi connectivity index (χ1) is 8.89. The number of rotatable bonds is 6. The van der Waals surface area contributed by atoms with Crippen molar-refractivity contribution >= 4 is 5.91 Å². The number of ether oxygens (including phenoxy) is 1. The Labute approximate surface area is 110 Å². The van der Waals surface area contributed by atoms with Crippen molar-refractivity contribution in [2.45, 2.75) is 18.8 Å². The molecule has 0 heterocycles. The van der Waals surface area contributed by atoms with Crippen LogP contribution in [0.15, 0.2) is 24.3 Å². The van der Waals surface area contributed by atoms with Crippen LogP contribution in [-0.2, 0) is 4.79 Å². The summed E-state index contributed by atoms with van der Waals surface area (Å²) >= 11 is 0. The number of methoxy groups -OCH3 is 1. The fraction of sp³-hybridized carbons (Fsp3) is 0.462. The summed E-state index contributed by atoms with van der Waals surface area (Å²) in [6, 6.07) is 6.93. The zero-order valence-electron chi connectivity index (χ0n) is 11.0. The number of alkyl halides is 2. The molecule has 19 heavy (non-hydrogen) atoms. The molecule has 0 aliphatic rings. The molecule has 1 amide bonds. The van der Waals surface area contributed by atoms with Gasteiger partial charge in [-0.05, 0) is 24.6 Å². The molecule has 0 spiro atoms. The van der Waals surface area contributed by atoms with E-state index >= 15 is 0 Å². The Morgan fingerprint density at radius 3 is 2.79 bits per heavy atom. The molecule has 1 unspecified atom stereocenters. The van der Waals surface area contributed by atoms with E-state index in [1.165, 1.54) is 7.11 Å². The minimum absolute atomic E-state index is 0.471. The minimum atomic E-state index is -3.08. The van der Waals surface area contributed by atoms with Crippen molar-refractivity contribution < 1.29 is 18.3 Å². The zero-order valence-corrected chi connectivity index (χ0v) is 11.0. The summed E-state index contributed by atoms with van der Waals surface area (Å²) < 4.78 is 30.9. The van der Waals surface area contributed by atoms with Crippen LogP contribution >= 0.6 is 0 Å². The first kappa shape index (κ1) is 15.4. The van der Waals surface area contributed by atoms with E-state index in [1.54, 1.807) is 31.2 Å². The maximum Gasteiger partial charge on any atom is 0.277 e. The largest absolute Gasteiger partial charge is 0.497 e. The van der Waals surface area contributed by atoms with Crippen molar-refractivity contribution in [2.75, 3.05) is 20.2 Å². The Bertz CT molecular complexity index is 438. The van der Waals surface area contributed by atoms with E-state index in [1.807, 2.05) is 0 Å². The van der Waals surface area contributed by atoms with Gasteiger partial charge in [0.15, 0.2) is 0 Å². The fourth-order valence-electron chi connectivity index (χ4n) is 1.50. The molecule has 1 aromatic carbocycles. The van der Waals surface area contributed by atoms with E-state index in [-0.39, 0.29) is 0 Å². The number of halogens is 2. The number of carbonyl (C=O) groups excluding carboxylic acids is 1. The van der Waals surface area contributed by atoms with Crippen molar-refractivity contribution in [3.63, 3.8) is 0 Å². The van der Waals surface area contributed by atoms with Crippen LogP contribution in [0.3, 0.4) is 0 Å². The molecule has 0 bridgehead atoms. The molecule has 0 radical (unpaired) electrons. The van der Waals surface area contributed by atoms with E-state index in [0.29, 0.717) is 11.3 Å². The van der Waals surface area contributed by atoms with Crippen LogP contribution in [0, 0.1) is 0 Å². The highest BCUT2D eigenvalue weighted by atomic mass is 19.3. The predicted molar refractivity (Wildman–Crippen MR) is 68.4 cm³/mol. The monoisotopic (exact) mass is 272 g/mol. The van der Waals surface area contributed by atoms with Gasteiger partial charge in [-0.1, -0.05) is 12.1 Å². The summed E-state index contributed by atoms with van der Waals surface area (Å²) in [4.78, 5) is 11.8. The molecule has 6 heteroatoms. The summed E-state index contributed by atoms with van der Waals surface area (Å²) in [5, 5.41) is 2.20. The Morgan fingerprint density at radius 2 is 2.21 bits per heavy atom. The number of carbonyl (C=O) groups is 1. The molecule has 3 N–H and O–H groups in total. The summed E-state index contributed by atoms with van der Waals surface area (Å²) in [5.74, 6) is -3.47. The van der Waals surface area contributed by atoms with Crippen molar-refractivity contribution in [1.29, 1.82) is 0 Å². The molecular weight excluding hydrogens is 254 g/mol. The number of benzene rings is 1. The highest BCUT2D eigenvalue weighted by Gasteiger charge is 2.28. The normalized spacial score (nSPS) is 12.9. The second-order valence-electron chi connectivity index (χ2n) is 4.28. The molecule has 0 aliphatic carbocycles. The summed E-state index contributed by atoms with van der Waals surface area (Å²) in [6.45, 7) is 0.0994. The van der Waals surface area contributed by atoms with Crippen LogP contribution in [0.2, 0.25) is 0 Å². The molecule has 0 saturated heterocycles. The van der Waals surface area contributed by atoms with E-state index in [2.05, 4.69) is 5.32 Å². The van der Waals surface area contributed by atoms with Gasteiger partial charge in [-0.3, -0.25) is 4.79 Å². The van der Waals surface area contributed by atoms with Gasteiger partial charge in [0.25, 0.3) is 5.92 Å². The lowest BCUT2D eigenvalue weighted by atomic mass is 10.00. The number of hydrogen-bond acceptors (Lipinski definition) is 3. The van der Waals surface area contributed by atoms with Gasteiger partial charge < -0.3 is 15.8 Å². The van der Waals surface area contributed by atoms with Crippen LogP contribution in [0.1, 0.15) is 18.4 Å². The quantitative estimate of drug-likeness (QED) is 0.825. The molecule has 0 aliphatic heterocycles. The third kappa shape index (κ3) is 4.48. The molecule has 1 rings (SSSR count). The second-order valence-corrected chi connectivity index (χ2v) is 4.28. The van der Waals surface area contributed by atoms with Gasteiger partial charge in [0.05, 0.1) is 26.1 Å². The number of nitrogens with two attached hydrogens (primary N) is 1. The van der Waals surface area contributed by atoms with E-state index < -0.39 is 30.8 Å². The van der Waals surface area contributed by atoms with E-state index in [4.69, 9.17) is 10.5 Å². The number of hydrogen-bond donors (Lipinski definition) is 2.